The van der Waals surface area contributed by atoms with Crippen LogP contribution in [0, 0.1) is 0 Å². The predicted molar refractivity (Wildman–Crippen MR) is 49.4 cm³/mol. The zero-order valence-corrected chi connectivity index (χ0v) is 8.52. The lowest BCUT2D eigenvalue weighted by atomic mass is 10.3. The molecule has 0 aliphatic carbocycles. The lowest BCUT2D eigenvalue weighted by Gasteiger charge is -1.94. The van der Waals surface area contributed by atoms with Gasteiger partial charge in [-0.15, -0.1) is 0 Å². The number of hydrogen-bond donors (Lipinski definition) is 0. The number of aromatic nitrogens is 1. The molecule has 1 aromatic heterocycles. The van der Waals surface area contributed by atoms with Crippen LogP contribution < -0.4 is 0 Å². The van der Waals surface area contributed by atoms with E-state index in [1.54, 1.807) is 0 Å². The normalized spacial score (nSPS) is 9.80. The van der Waals surface area contributed by atoms with Crippen LogP contribution in [0.4, 0.5) is 0 Å². The van der Waals surface area contributed by atoms with Gasteiger partial charge in [-0.1, -0.05) is 15.9 Å². The molecular formula is C7H7Br2N. The van der Waals surface area contributed by atoms with Crippen LogP contribution in [0.3, 0.4) is 0 Å². The van der Waals surface area contributed by atoms with Gasteiger partial charge in [0.15, 0.2) is 0 Å². The first-order chi connectivity index (χ1) is 4.83. The second kappa shape index (κ2) is 4.09. The molecule has 0 amide bonds. The monoisotopic (exact) mass is 263 g/mol. The fourth-order valence-corrected chi connectivity index (χ4v) is 1.29. The zero-order valence-electron chi connectivity index (χ0n) is 5.35. The number of pyridine rings is 1. The molecule has 0 saturated heterocycles. The molecule has 54 valence electrons. The van der Waals surface area contributed by atoms with Crippen molar-refractivity contribution in [3.63, 3.8) is 0 Å². The SMILES string of the molecule is BrCCc1ccc(Br)cn1. The van der Waals surface area contributed by atoms with Crippen LogP contribution in [-0.4, -0.2) is 10.3 Å². The van der Waals surface area contributed by atoms with E-state index in [1.807, 2.05) is 18.3 Å². The minimum atomic E-state index is 0.974. The lowest BCUT2D eigenvalue weighted by Crippen LogP contribution is -1.88. The maximum Gasteiger partial charge on any atom is 0.0413 e. The number of nitrogens with zero attached hydrogens (tertiary/aromatic N) is 1. The number of alkyl halides is 1. The average Bonchev–Trinajstić information content (AvgIpc) is 1.95. The molecule has 0 unspecified atom stereocenters. The molecule has 0 atom stereocenters. The van der Waals surface area contributed by atoms with E-state index in [2.05, 4.69) is 36.8 Å². The molecule has 0 bridgehead atoms. The molecule has 0 N–H and O–H groups in total. The minimum Gasteiger partial charge on any atom is -0.260 e. The third-order valence-corrected chi connectivity index (χ3v) is 2.00. The van der Waals surface area contributed by atoms with E-state index < -0.39 is 0 Å². The van der Waals surface area contributed by atoms with Crippen LogP contribution in [0.2, 0.25) is 0 Å². The number of aryl methyl sites for hydroxylation is 1. The summed E-state index contributed by atoms with van der Waals surface area (Å²) in [7, 11) is 0. The van der Waals surface area contributed by atoms with Crippen molar-refractivity contribution >= 4 is 31.9 Å². The number of hydrogen-bond acceptors (Lipinski definition) is 1. The van der Waals surface area contributed by atoms with Crippen LogP contribution >= 0.6 is 31.9 Å². The fourth-order valence-electron chi connectivity index (χ4n) is 0.651. The molecule has 1 rings (SSSR count). The van der Waals surface area contributed by atoms with Crippen molar-refractivity contribution in [3.05, 3.63) is 28.5 Å². The Labute approximate surface area is 77.1 Å². The van der Waals surface area contributed by atoms with Crippen molar-refractivity contribution in [3.8, 4) is 0 Å². The van der Waals surface area contributed by atoms with Crippen molar-refractivity contribution in [1.82, 2.24) is 4.98 Å². The molecule has 0 aliphatic heterocycles. The Bertz CT molecular complexity index is 195. The van der Waals surface area contributed by atoms with Gasteiger partial charge in [-0.25, -0.2) is 0 Å². The van der Waals surface area contributed by atoms with E-state index in [-0.39, 0.29) is 0 Å². The molecule has 1 nitrogen and oxygen atoms in total. The van der Waals surface area contributed by atoms with E-state index in [0.717, 1.165) is 21.9 Å². The zero-order chi connectivity index (χ0) is 7.40. The van der Waals surface area contributed by atoms with Gasteiger partial charge in [0.1, 0.15) is 0 Å². The molecule has 0 aromatic carbocycles. The van der Waals surface area contributed by atoms with E-state index in [4.69, 9.17) is 0 Å². The van der Waals surface area contributed by atoms with Crippen LogP contribution in [-0.2, 0) is 6.42 Å². The van der Waals surface area contributed by atoms with Gasteiger partial charge in [0.05, 0.1) is 0 Å². The Hall–Kier alpha value is 0.110. The van der Waals surface area contributed by atoms with E-state index in [1.165, 1.54) is 0 Å². The summed E-state index contributed by atoms with van der Waals surface area (Å²) in [5.74, 6) is 0. The minimum absolute atomic E-state index is 0.974. The summed E-state index contributed by atoms with van der Waals surface area (Å²) in [6.07, 6.45) is 2.81. The van der Waals surface area contributed by atoms with Crippen LogP contribution in [0.1, 0.15) is 5.69 Å². The third kappa shape index (κ3) is 2.39. The average molecular weight is 265 g/mol. The molecular weight excluding hydrogens is 258 g/mol. The third-order valence-electron chi connectivity index (χ3n) is 1.14. The largest absolute Gasteiger partial charge is 0.260 e. The molecule has 3 heteroatoms. The van der Waals surface area contributed by atoms with Crippen LogP contribution in [0.15, 0.2) is 22.8 Å². The molecule has 1 heterocycles. The Morgan fingerprint density at radius 2 is 2.20 bits per heavy atom. The van der Waals surface area contributed by atoms with Crippen molar-refractivity contribution < 1.29 is 0 Å². The van der Waals surface area contributed by atoms with Crippen LogP contribution in [0.25, 0.3) is 0 Å². The van der Waals surface area contributed by atoms with Gasteiger partial charge in [0.25, 0.3) is 0 Å². The van der Waals surface area contributed by atoms with E-state index in [0.29, 0.717) is 0 Å². The second-order valence-corrected chi connectivity index (χ2v) is 3.62. The van der Waals surface area contributed by atoms with E-state index >= 15 is 0 Å². The molecule has 0 spiro atoms. The van der Waals surface area contributed by atoms with Crippen LogP contribution in [0.5, 0.6) is 0 Å². The Balaban J connectivity index is 2.69. The van der Waals surface area contributed by atoms with Gasteiger partial charge in [-0.3, -0.25) is 4.98 Å². The first-order valence-corrected chi connectivity index (χ1v) is 4.91. The van der Waals surface area contributed by atoms with Gasteiger partial charge in [0, 0.05) is 21.7 Å². The van der Waals surface area contributed by atoms with Crippen molar-refractivity contribution in [2.75, 3.05) is 5.33 Å². The van der Waals surface area contributed by atoms with Crippen molar-refractivity contribution in [2.45, 2.75) is 6.42 Å². The van der Waals surface area contributed by atoms with Gasteiger partial charge in [0.2, 0.25) is 0 Å². The smallest absolute Gasteiger partial charge is 0.0413 e. The van der Waals surface area contributed by atoms with Crippen molar-refractivity contribution in [1.29, 1.82) is 0 Å². The van der Waals surface area contributed by atoms with Gasteiger partial charge in [-0.2, -0.15) is 0 Å². The summed E-state index contributed by atoms with van der Waals surface area (Å²) in [6, 6.07) is 4.02. The molecule has 1 aromatic rings. The first kappa shape index (κ1) is 8.21. The summed E-state index contributed by atoms with van der Waals surface area (Å²) in [5.41, 5.74) is 1.13. The van der Waals surface area contributed by atoms with E-state index in [9.17, 15) is 0 Å². The standard InChI is InChI=1S/C7H7Br2N/c8-4-3-7-2-1-6(9)5-10-7/h1-2,5H,3-4H2. The van der Waals surface area contributed by atoms with Crippen molar-refractivity contribution in [2.24, 2.45) is 0 Å². The highest BCUT2D eigenvalue weighted by molar-refractivity contribution is 9.10. The molecule has 0 radical (unpaired) electrons. The number of halogens is 2. The maximum atomic E-state index is 4.19. The highest BCUT2D eigenvalue weighted by atomic mass is 79.9. The van der Waals surface area contributed by atoms with Gasteiger partial charge in [-0.05, 0) is 34.5 Å². The highest BCUT2D eigenvalue weighted by Crippen LogP contribution is 2.07. The lowest BCUT2D eigenvalue weighted by molar-refractivity contribution is 1.05. The van der Waals surface area contributed by atoms with Gasteiger partial charge >= 0.3 is 0 Å². The Kier molecular flexibility index (Phi) is 3.35. The molecule has 10 heavy (non-hydrogen) atoms. The summed E-state index contributed by atoms with van der Waals surface area (Å²) >= 11 is 6.68. The quantitative estimate of drug-likeness (QED) is 0.749. The fraction of sp³-hybridized carbons (Fsp3) is 0.286. The molecule has 0 aliphatic rings. The maximum absolute atomic E-state index is 4.19. The summed E-state index contributed by atoms with van der Waals surface area (Å²) in [5, 5.41) is 0.974. The number of rotatable bonds is 2. The van der Waals surface area contributed by atoms with Gasteiger partial charge < -0.3 is 0 Å². The Morgan fingerprint density at radius 3 is 2.70 bits per heavy atom. The topological polar surface area (TPSA) is 12.9 Å². The summed E-state index contributed by atoms with van der Waals surface area (Å²) in [4.78, 5) is 4.19. The first-order valence-electron chi connectivity index (χ1n) is 2.99. The second-order valence-electron chi connectivity index (χ2n) is 1.91. The molecule has 0 saturated carbocycles. The summed E-state index contributed by atoms with van der Waals surface area (Å²) < 4.78 is 1.03. The predicted octanol–water partition coefficient (Wildman–Crippen LogP) is 2.78. The Morgan fingerprint density at radius 1 is 1.40 bits per heavy atom. The summed E-state index contributed by atoms with van der Waals surface area (Å²) in [6.45, 7) is 0. The highest BCUT2D eigenvalue weighted by Gasteiger charge is 1.91. The molecule has 0 fully saturated rings.